The third kappa shape index (κ3) is 3.03. The van der Waals surface area contributed by atoms with Crippen LogP contribution in [0.2, 0.25) is 0 Å². The number of ether oxygens (including phenoxy) is 2. The van der Waals surface area contributed by atoms with Crippen LogP contribution in [0.3, 0.4) is 0 Å². The van der Waals surface area contributed by atoms with E-state index in [0.717, 1.165) is 4.90 Å². The molecule has 0 saturated heterocycles. The summed E-state index contributed by atoms with van der Waals surface area (Å²) in [5, 5.41) is 0. The number of benzene rings is 2. The Bertz CT molecular complexity index is 860. The van der Waals surface area contributed by atoms with E-state index in [1.807, 2.05) is 0 Å². The molecule has 0 fully saturated rings. The Hall–Kier alpha value is -3.22. The molecule has 2 aromatic rings. The molecular formula is C19H16FNO5. The number of carbonyl (C=O) groups excluding carboxylic acids is 3. The number of fused-ring (bicyclic) bond motifs is 1. The quantitative estimate of drug-likeness (QED) is 0.607. The van der Waals surface area contributed by atoms with Crippen molar-refractivity contribution in [3.8, 4) is 5.75 Å². The van der Waals surface area contributed by atoms with E-state index < -0.39 is 29.6 Å². The normalized spacial score (nSPS) is 14.2. The first-order valence-corrected chi connectivity index (χ1v) is 7.90. The number of hydrogen-bond acceptors (Lipinski definition) is 5. The molecule has 6 nitrogen and oxygen atoms in total. The summed E-state index contributed by atoms with van der Waals surface area (Å²) in [6.45, 7) is 1.23. The number of methoxy groups -OCH3 is 1. The molecule has 1 aliphatic rings. The summed E-state index contributed by atoms with van der Waals surface area (Å²) < 4.78 is 23.6. The average molecular weight is 357 g/mol. The van der Waals surface area contributed by atoms with Gasteiger partial charge < -0.3 is 9.47 Å². The van der Waals surface area contributed by atoms with Gasteiger partial charge in [0.15, 0.2) is 11.6 Å². The number of rotatable bonds is 5. The molecule has 0 N–H and O–H groups in total. The zero-order valence-corrected chi connectivity index (χ0v) is 14.2. The lowest BCUT2D eigenvalue weighted by molar-refractivity contribution is -0.149. The van der Waals surface area contributed by atoms with Gasteiger partial charge in [0, 0.05) is 0 Å². The number of hydrogen-bond donors (Lipinski definition) is 0. The van der Waals surface area contributed by atoms with E-state index in [1.54, 1.807) is 18.2 Å². The van der Waals surface area contributed by atoms with Crippen molar-refractivity contribution >= 4 is 17.8 Å². The SMILES string of the molecule is COc1ccc(COC(=O)[C@H](C)N2C(=O)c3ccccc3C2=O)cc1F. The summed E-state index contributed by atoms with van der Waals surface area (Å²) in [6, 6.07) is 9.45. The van der Waals surface area contributed by atoms with Crippen LogP contribution in [-0.2, 0) is 16.1 Å². The fraction of sp³-hybridized carbons (Fsp3) is 0.211. The standard InChI is InChI=1S/C19H16FNO5/c1-11(21-17(22)13-5-3-4-6-14(13)18(21)23)19(24)26-10-12-7-8-16(25-2)15(20)9-12/h3-9,11H,10H2,1-2H3/t11-/m0/s1. The van der Waals surface area contributed by atoms with Crippen molar-refractivity contribution in [2.75, 3.05) is 7.11 Å². The van der Waals surface area contributed by atoms with Gasteiger partial charge in [0.25, 0.3) is 11.8 Å². The molecule has 0 radical (unpaired) electrons. The fourth-order valence-electron chi connectivity index (χ4n) is 2.74. The van der Waals surface area contributed by atoms with E-state index in [4.69, 9.17) is 9.47 Å². The van der Waals surface area contributed by atoms with Gasteiger partial charge in [-0.05, 0) is 36.8 Å². The maximum Gasteiger partial charge on any atom is 0.329 e. The molecule has 7 heteroatoms. The number of carbonyl (C=O) groups is 3. The second-order valence-electron chi connectivity index (χ2n) is 5.78. The number of amides is 2. The molecule has 1 heterocycles. The number of halogens is 1. The van der Waals surface area contributed by atoms with Crippen molar-refractivity contribution in [1.29, 1.82) is 0 Å². The Morgan fingerprint density at radius 1 is 1.12 bits per heavy atom. The minimum absolute atomic E-state index is 0.0828. The maximum atomic E-state index is 13.7. The molecule has 0 spiro atoms. The lowest BCUT2D eigenvalue weighted by atomic mass is 10.1. The fourth-order valence-corrected chi connectivity index (χ4v) is 2.74. The largest absolute Gasteiger partial charge is 0.494 e. The predicted octanol–water partition coefficient (Wildman–Crippen LogP) is 2.56. The Morgan fingerprint density at radius 3 is 2.27 bits per heavy atom. The number of imide groups is 1. The van der Waals surface area contributed by atoms with Gasteiger partial charge in [-0.3, -0.25) is 14.5 Å². The molecule has 0 aromatic heterocycles. The van der Waals surface area contributed by atoms with Gasteiger partial charge in [-0.15, -0.1) is 0 Å². The molecule has 2 aromatic carbocycles. The zero-order chi connectivity index (χ0) is 18.8. The smallest absolute Gasteiger partial charge is 0.329 e. The number of nitrogens with zero attached hydrogens (tertiary/aromatic N) is 1. The van der Waals surface area contributed by atoms with Crippen LogP contribution < -0.4 is 4.74 Å². The average Bonchev–Trinajstić information content (AvgIpc) is 2.90. The molecular weight excluding hydrogens is 341 g/mol. The van der Waals surface area contributed by atoms with Gasteiger partial charge in [-0.25, -0.2) is 9.18 Å². The van der Waals surface area contributed by atoms with Gasteiger partial charge in [0.05, 0.1) is 18.2 Å². The molecule has 1 aliphatic heterocycles. The molecule has 0 bridgehead atoms. The second kappa shape index (κ2) is 6.95. The highest BCUT2D eigenvalue weighted by atomic mass is 19.1. The first-order chi connectivity index (χ1) is 12.4. The van der Waals surface area contributed by atoms with E-state index >= 15 is 0 Å². The molecule has 1 atom stereocenters. The van der Waals surface area contributed by atoms with Crippen LogP contribution in [0.25, 0.3) is 0 Å². The second-order valence-corrected chi connectivity index (χ2v) is 5.78. The monoisotopic (exact) mass is 357 g/mol. The van der Waals surface area contributed by atoms with Crippen LogP contribution in [0.1, 0.15) is 33.2 Å². The molecule has 26 heavy (non-hydrogen) atoms. The first kappa shape index (κ1) is 17.6. The Labute approximate surface area is 149 Å². The summed E-state index contributed by atoms with van der Waals surface area (Å²) in [7, 11) is 1.35. The van der Waals surface area contributed by atoms with Crippen molar-refractivity contribution < 1.29 is 28.2 Å². The van der Waals surface area contributed by atoms with Gasteiger partial charge in [0.2, 0.25) is 0 Å². The zero-order valence-electron chi connectivity index (χ0n) is 14.2. The van der Waals surface area contributed by atoms with Crippen LogP contribution >= 0.6 is 0 Å². The highest BCUT2D eigenvalue weighted by molar-refractivity contribution is 6.22. The predicted molar refractivity (Wildman–Crippen MR) is 89.2 cm³/mol. The van der Waals surface area contributed by atoms with E-state index in [2.05, 4.69) is 0 Å². The van der Waals surface area contributed by atoms with E-state index in [1.165, 1.54) is 38.3 Å². The van der Waals surface area contributed by atoms with Crippen molar-refractivity contribution in [3.63, 3.8) is 0 Å². The lowest BCUT2D eigenvalue weighted by Crippen LogP contribution is -2.43. The highest BCUT2D eigenvalue weighted by Crippen LogP contribution is 2.25. The van der Waals surface area contributed by atoms with Crippen molar-refractivity contribution in [2.24, 2.45) is 0 Å². The summed E-state index contributed by atoms with van der Waals surface area (Å²) in [4.78, 5) is 37.9. The summed E-state index contributed by atoms with van der Waals surface area (Å²) in [5.41, 5.74) is 0.940. The molecule has 3 rings (SSSR count). The Morgan fingerprint density at radius 2 is 1.73 bits per heavy atom. The van der Waals surface area contributed by atoms with E-state index in [0.29, 0.717) is 5.56 Å². The first-order valence-electron chi connectivity index (χ1n) is 7.90. The minimum atomic E-state index is -1.09. The van der Waals surface area contributed by atoms with Crippen LogP contribution in [0.15, 0.2) is 42.5 Å². The van der Waals surface area contributed by atoms with Crippen LogP contribution in [0.4, 0.5) is 4.39 Å². The Balaban J connectivity index is 1.68. The van der Waals surface area contributed by atoms with Crippen LogP contribution in [0, 0.1) is 5.82 Å². The van der Waals surface area contributed by atoms with Gasteiger partial charge >= 0.3 is 5.97 Å². The molecule has 0 saturated carbocycles. The highest BCUT2D eigenvalue weighted by Gasteiger charge is 2.41. The molecule has 0 unspecified atom stereocenters. The molecule has 0 aliphatic carbocycles. The topological polar surface area (TPSA) is 72.9 Å². The lowest BCUT2D eigenvalue weighted by Gasteiger charge is -2.21. The summed E-state index contributed by atoms with van der Waals surface area (Å²) in [5.74, 6) is -2.32. The van der Waals surface area contributed by atoms with E-state index in [-0.39, 0.29) is 23.5 Å². The van der Waals surface area contributed by atoms with E-state index in [9.17, 15) is 18.8 Å². The van der Waals surface area contributed by atoms with Crippen LogP contribution in [0.5, 0.6) is 5.75 Å². The molecule has 2 amide bonds. The maximum absolute atomic E-state index is 13.7. The van der Waals surface area contributed by atoms with Crippen LogP contribution in [-0.4, -0.2) is 35.8 Å². The van der Waals surface area contributed by atoms with Crippen molar-refractivity contribution in [3.05, 3.63) is 65.0 Å². The van der Waals surface area contributed by atoms with Gasteiger partial charge in [-0.1, -0.05) is 18.2 Å². The summed E-state index contributed by atoms with van der Waals surface area (Å²) >= 11 is 0. The van der Waals surface area contributed by atoms with Crippen molar-refractivity contribution in [2.45, 2.75) is 19.6 Å². The molecule has 134 valence electrons. The minimum Gasteiger partial charge on any atom is -0.494 e. The third-order valence-corrected chi connectivity index (χ3v) is 4.15. The summed E-state index contributed by atoms with van der Waals surface area (Å²) in [6.07, 6.45) is 0. The Kier molecular flexibility index (Phi) is 4.71. The van der Waals surface area contributed by atoms with Gasteiger partial charge in [-0.2, -0.15) is 0 Å². The van der Waals surface area contributed by atoms with Gasteiger partial charge in [0.1, 0.15) is 12.6 Å². The van der Waals surface area contributed by atoms with Crippen molar-refractivity contribution in [1.82, 2.24) is 4.90 Å². The third-order valence-electron chi connectivity index (χ3n) is 4.15. The number of esters is 1.